The molecule has 1 heteroatoms. The van der Waals surface area contributed by atoms with Gasteiger partial charge in [0.15, 0.2) is 0 Å². The molecule has 3 atom stereocenters. The third-order valence-corrected chi connectivity index (χ3v) is 4.23. The fraction of sp³-hybridized carbons (Fsp3) is 0.875. The molecular formula is C16H29N. The van der Waals surface area contributed by atoms with E-state index in [0.29, 0.717) is 0 Å². The quantitative estimate of drug-likeness (QED) is 0.690. The third-order valence-electron chi connectivity index (χ3n) is 4.23. The van der Waals surface area contributed by atoms with Crippen LogP contribution in [0.5, 0.6) is 0 Å². The highest BCUT2D eigenvalue weighted by Crippen LogP contribution is 2.38. The molecule has 1 rings (SSSR count). The van der Waals surface area contributed by atoms with Crippen molar-refractivity contribution in [2.45, 2.75) is 58.8 Å². The highest BCUT2D eigenvalue weighted by Gasteiger charge is 2.28. The molecule has 0 heterocycles. The van der Waals surface area contributed by atoms with Crippen molar-refractivity contribution in [2.75, 3.05) is 13.6 Å². The SMILES string of the molecule is CC#CCCC1CC(CCC)CCC1CNC. The number of nitrogens with one attached hydrogen (secondary N) is 1. The molecule has 1 N–H and O–H groups in total. The molecule has 0 aromatic heterocycles. The Hall–Kier alpha value is -0.480. The summed E-state index contributed by atoms with van der Waals surface area (Å²) >= 11 is 0. The van der Waals surface area contributed by atoms with Crippen molar-refractivity contribution in [3.63, 3.8) is 0 Å². The highest BCUT2D eigenvalue weighted by atomic mass is 14.8. The van der Waals surface area contributed by atoms with Crippen LogP contribution in [-0.2, 0) is 0 Å². The predicted octanol–water partition coefficient (Wildman–Crippen LogP) is 3.84. The monoisotopic (exact) mass is 235 g/mol. The minimum Gasteiger partial charge on any atom is -0.319 e. The maximum atomic E-state index is 3.37. The Morgan fingerprint density at radius 3 is 2.65 bits per heavy atom. The lowest BCUT2D eigenvalue weighted by Gasteiger charge is -2.36. The van der Waals surface area contributed by atoms with Crippen molar-refractivity contribution in [1.29, 1.82) is 0 Å². The molecule has 0 aliphatic heterocycles. The van der Waals surface area contributed by atoms with E-state index in [1.807, 2.05) is 6.92 Å². The van der Waals surface area contributed by atoms with Crippen LogP contribution in [0.15, 0.2) is 0 Å². The van der Waals surface area contributed by atoms with Gasteiger partial charge in [0.05, 0.1) is 0 Å². The first-order valence-electron chi connectivity index (χ1n) is 7.36. The van der Waals surface area contributed by atoms with Crippen LogP contribution in [0.4, 0.5) is 0 Å². The van der Waals surface area contributed by atoms with Gasteiger partial charge < -0.3 is 5.32 Å². The summed E-state index contributed by atoms with van der Waals surface area (Å²) in [4.78, 5) is 0. The van der Waals surface area contributed by atoms with Gasteiger partial charge in [0, 0.05) is 6.42 Å². The fourth-order valence-corrected chi connectivity index (χ4v) is 3.36. The van der Waals surface area contributed by atoms with Crippen molar-refractivity contribution in [3.8, 4) is 11.8 Å². The van der Waals surface area contributed by atoms with Crippen molar-refractivity contribution >= 4 is 0 Å². The number of hydrogen-bond acceptors (Lipinski definition) is 1. The lowest BCUT2D eigenvalue weighted by atomic mass is 9.71. The van der Waals surface area contributed by atoms with Crippen LogP contribution in [0.1, 0.15) is 58.8 Å². The second kappa shape index (κ2) is 8.59. The summed E-state index contributed by atoms with van der Waals surface area (Å²) in [5, 5.41) is 3.37. The Morgan fingerprint density at radius 2 is 2.00 bits per heavy atom. The van der Waals surface area contributed by atoms with Gasteiger partial charge in [0.1, 0.15) is 0 Å². The van der Waals surface area contributed by atoms with E-state index < -0.39 is 0 Å². The molecule has 1 aliphatic carbocycles. The molecule has 17 heavy (non-hydrogen) atoms. The predicted molar refractivity (Wildman–Crippen MR) is 75.8 cm³/mol. The van der Waals surface area contributed by atoms with E-state index in [1.165, 1.54) is 45.1 Å². The van der Waals surface area contributed by atoms with Crippen LogP contribution in [-0.4, -0.2) is 13.6 Å². The van der Waals surface area contributed by atoms with Crippen molar-refractivity contribution in [3.05, 3.63) is 0 Å². The van der Waals surface area contributed by atoms with Gasteiger partial charge >= 0.3 is 0 Å². The van der Waals surface area contributed by atoms with Crippen molar-refractivity contribution < 1.29 is 0 Å². The minimum absolute atomic E-state index is 0.895. The van der Waals surface area contributed by atoms with E-state index in [4.69, 9.17) is 0 Å². The van der Waals surface area contributed by atoms with E-state index in [-0.39, 0.29) is 0 Å². The molecule has 0 amide bonds. The molecule has 0 aromatic rings. The zero-order chi connectivity index (χ0) is 12.5. The van der Waals surface area contributed by atoms with E-state index in [0.717, 1.165) is 24.2 Å². The number of hydrogen-bond donors (Lipinski definition) is 1. The molecule has 1 aliphatic rings. The standard InChI is InChI=1S/C16H29N/c1-4-6-7-9-15-12-14(8-5-2)10-11-16(15)13-17-3/h14-17H,5,7-13H2,1-3H3. The average Bonchev–Trinajstić information content (AvgIpc) is 2.33. The average molecular weight is 235 g/mol. The van der Waals surface area contributed by atoms with E-state index >= 15 is 0 Å². The zero-order valence-electron chi connectivity index (χ0n) is 11.9. The van der Waals surface area contributed by atoms with E-state index in [9.17, 15) is 0 Å². The molecule has 3 unspecified atom stereocenters. The van der Waals surface area contributed by atoms with Gasteiger partial charge in [-0.15, -0.1) is 11.8 Å². The second-order valence-electron chi connectivity index (χ2n) is 5.51. The highest BCUT2D eigenvalue weighted by molar-refractivity contribution is 4.96. The molecule has 1 saturated carbocycles. The van der Waals surface area contributed by atoms with Crippen molar-refractivity contribution in [2.24, 2.45) is 17.8 Å². The van der Waals surface area contributed by atoms with Crippen LogP contribution >= 0.6 is 0 Å². The van der Waals surface area contributed by atoms with Gasteiger partial charge in [-0.1, -0.05) is 26.2 Å². The summed E-state index contributed by atoms with van der Waals surface area (Å²) in [6, 6.07) is 0. The van der Waals surface area contributed by atoms with Crippen LogP contribution < -0.4 is 5.32 Å². The molecule has 98 valence electrons. The summed E-state index contributed by atoms with van der Waals surface area (Å²) in [5.41, 5.74) is 0. The summed E-state index contributed by atoms with van der Waals surface area (Å²) in [5.74, 6) is 9.06. The molecule has 0 bridgehead atoms. The molecule has 0 spiro atoms. The minimum atomic E-state index is 0.895. The largest absolute Gasteiger partial charge is 0.319 e. The van der Waals surface area contributed by atoms with Gasteiger partial charge in [0.25, 0.3) is 0 Å². The Bertz CT molecular complexity index is 248. The molecule has 0 radical (unpaired) electrons. The maximum Gasteiger partial charge on any atom is 0.00913 e. The summed E-state index contributed by atoms with van der Waals surface area (Å²) < 4.78 is 0. The summed E-state index contributed by atoms with van der Waals surface area (Å²) in [7, 11) is 2.08. The van der Waals surface area contributed by atoms with E-state index in [1.54, 1.807) is 0 Å². The first-order valence-corrected chi connectivity index (χ1v) is 7.36. The molecular weight excluding hydrogens is 206 g/mol. The lowest BCUT2D eigenvalue weighted by molar-refractivity contribution is 0.163. The molecule has 1 nitrogen and oxygen atoms in total. The van der Waals surface area contributed by atoms with Crippen LogP contribution in [0.25, 0.3) is 0 Å². The maximum absolute atomic E-state index is 3.37. The van der Waals surface area contributed by atoms with Crippen LogP contribution in [0, 0.1) is 29.6 Å². The summed E-state index contributed by atoms with van der Waals surface area (Å²) in [6.07, 6.45) is 9.52. The van der Waals surface area contributed by atoms with E-state index in [2.05, 4.69) is 31.1 Å². The van der Waals surface area contributed by atoms with Gasteiger partial charge in [-0.2, -0.15) is 0 Å². The molecule has 0 saturated heterocycles. The summed E-state index contributed by atoms with van der Waals surface area (Å²) in [6.45, 7) is 5.46. The second-order valence-corrected chi connectivity index (χ2v) is 5.51. The van der Waals surface area contributed by atoms with Gasteiger partial charge in [-0.25, -0.2) is 0 Å². The van der Waals surface area contributed by atoms with Crippen LogP contribution in [0.2, 0.25) is 0 Å². The zero-order valence-corrected chi connectivity index (χ0v) is 11.9. The van der Waals surface area contributed by atoms with Crippen molar-refractivity contribution in [1.82, 2.24) is 5.32 Å². The van der Waals surface area contributed by atoms with Crippen LogP contribution in [0.3, 0.4) is 0 Å². The topological polar surface area (TPSA) is 12.0 Å². The first kappa shape index (κ1) is 14.6. The Labute approximate surface area is 108 Å². The lowest BCUT2D eigenvalue weighted by Crippen LogP contribution is -2.31. The Morgan fingerprint density at radius 1 is 1.18 bits per heavy atom. The fourth-order valence-electron chi connectivity index (χ4n) is 3.36. The third kappa shape index (κ3) is 5.13. The first-order chi connectivity index (χ1) is 8.31. The number of rotatable bonds is 6. The Kier molecular flexibility index (Phi) is 7.37. The van der Waals surface area contributed by atoms with Gasteiger partial charge in [-0.3, -0.25) is 0 Å². The van der Waals surface area contributed by atoms with Gasteiger partial charge in [-0.05, 0) is 57.5 Å². The van der Waals surface area contributed by atoms with Gasteiger partial charge in [0.2, 0.25) is 0 Å². The Balaban J connectivity index is 2.45. The molecule has 0 aromatic carbocycles. The molecule has 1 fully saturated rings. The smallest absolute Gasteiger partial charge is 0.00913 e. The normalized spacial score (nSPS) is 28.5.